The van der Waals surface area contributed by atoms with Crippen LogP contribution in [0.15, 0.2) is 45.9 Å². The smallest absolute Gasteiger partial charge is 0.348 e. The molecule has 3 aromatic heterocycles. The number of nitrogens with zero attached hydrogens (tertiary/aromatic N) is 2. The Labute approximate surface area is 141 Å². The summed E-state index contributed by atoms with van der Waals surface area (Å²) in [4.78, 5) is 12.2. The number of aliphatic hydroxyl groups excluding tert-OH is 1. The van der Waals surface area contributed by atoms with E-state index in [1.807, 2.05) is 23.6 Å². The first-order valence-corrected chi connectivity index (χ1v) is 8.59. The van der Waals surface area contributed by atoms with Crippen molar-refractivity contribution in [3.8, 4) is 11.1 Å². The fourth-order valence-electron chi connectivity index (χ4n) is 2.92. The first-order valence-electron chi connectivity index (χ1n) is 7.65. The lowest BCUT2D eigenvalue weighted by Gasteiger charge is -2.10. The van der Waals surface area contributed by atoms with Crippen LogP contribution in [0.1, 0.15) is 5.56 Å². The van der Waals surface area contributed by atoms with E-state index in [1.54, 1.807) is 15.7 Å². The summed E-state index contributed by atoms with van der Waals surface area (Å²) in [6.07, 6.45) is 0. The van der Waals surface area contributed by atoms with E-state index in [-0.39, 0.29) is 12.3 Å². The van der Waals surface area contributed by atoms with Gasteiger partial charge in [-0.3, -0.25) is 0 Å². The van der Waals surface area contributed by atoms with Gasteiger partial charge in [0.05, 0.1) is 12.1 Å². The Morgan fingerprint density at radius 1 is 1.25 bits per heavy atom. The van der Waals surface area contributed by atoms with Gasteiger partial charge in [-0.1, -0.05) is 12.1 Å². The molecule has 3 heterocycles. The van der Waals surface area contributed by atoms with Crippen LogP contribution in [0.3, 0.4) is 0 Å². The molecule has 122 valence electrons. The van der Waals surface area contributed by atoms with Crippen LogP contribution >= 0.6 is 11.3 Å². The molecule has 0 aliphatic heterocycles. The number of aromatic nitrogens is 3. The Morgan fingerprint density at radius 3 is 2.96 bits per heavy atom. The minimum absolute atomic E-state index is 0.0876. The maximum Gasteiger partial charge on any atom is 0.348 e. The summed E-state index contributed by atoms with van der Waals surface area (Å²) in [6, 6.07) is 10.1. The van der Waals surface area contributed by atoms with Crippen molar-refractivity contribution in [3.05, 3.63) is 57.1 Å². The Hall–Kier alpha value is -2.48. The molecule has 0 spiro atoms. The number of rotatable bonds is 5. The molecule has 7 heteroatoms. The van der Waals surface area contributed by atoms with E-state index in [4.69, 9.17) is 5.11 Å². The molecule has 0 aliphatic rings. The average Bonchev–Trinajstić information content (AvgIpc) is 3.25. The molecule has 0 saturated carbocycles. The van der Waals surface area contributed by atoms with Gasteiger partial charge in [0.2, 0.25) is 0 Å². The zero-order valence-electron chi connectivity index (χ0n) is 12.8. The molecule has 0 unspecified atom stereocenters. The van der Waals surface area contributed by atoms with E-state index < -0.39 is 0 Å². The van der Waals surface area contributed by atoms with Gasteiger partial charge in [0, 0.05) is 18.5 Å². The van der Waals surface area contributed by atoms with E-state index in [1.165, 1.54) is 0 Å². The third kappa shape index (κ3) is 2.52. The molecule has 24 heavy (non-hydrogen) atoms. The molecular formula is C17H16N4O2S. The van der Waals surface area contributed by atoms with Crippen LogP contribution in [0, 0.1) is 0 Å². The van der Waals surface area contributed by atoms with Crippen LogP contribution in [-0.4, -0.2) is 32.9 Å². The first-order chi connectivity index (χ1) is 11.8. The lowest BCUT2D eigenvalue weighted by Crippen LogP contribution is -2.18. The second kappa shape index (κ2) is 6.20. The second-order valence-electron chi connectivity index (χ2n) is 5.54. The molecule has 4 aromatic rings. The van der Waals surface area contributed by atoms with Gasteiger partial charge in [0.15, 0.2) is 5.65 Å². The van der Waals surface area contributed by atoms with E-state index in [0.29, 0.717) is 18.7 Å². The highest BCUT2D eigenvalue weighted by Gasteiger charge is 2.11. The number of pyridine rings is 1. The SMILES string of the molecule is O=c1[nH]nc2cc(CNCCO)c3ccc(-c4ccsc4)cc3n12. The Morgan fingerprint density at radius 2 is 2.17 bits per heavy atom. The Kier molecular flexibility index (Phi) is 3.89. The van der Waals surface area contributed by atoms with Crippen molar-refractivity contribution >= 4 is 27.9 Å². The zero-order chi connectivity index (χ0) is 16.5. The molecule has 0 radical (unpaired) electrons. The van der Waals surface area contributed by atoms with Gasteiger partial charge in [-0.2, -0.15) is 16.4 Å². The summed E-state index contributed by atoms with van der Waals surface area (Å²) in [5, 5.41) is 23.9. The standard InChI is InChI=1S/C17H16N4O2S/c22-5-4-18-9-13-8-16-19-20-17(23)21(16)15-7-11(1-2-14(13)15)12-3-6-24-10-12/h1-3,6-8,10,18,22H,4-5,9H2,(H,20,23). The predicted molar refractivity (Wildman–Crippen MR) is 95.4 cm³/mol. The van der Waals surface area contributed by atoms with E-state index in [2.05, 4.69) is 33.0 Å². The van der Waals surface area contributed by atoms with Gasteiger partial charge in [-0.15, -0.1) is 0 Å². The van der Waals surface area contributed by atoms with Crippen LogP contribution in [-0.2, 0) is 6.54 Å². The fourth-order valence-corrected chi connectivity index (χ4v) is 3.58. The highest BCUT2D eigenvalue weighted by atomic mass is 32.1. The van der Waals surface area contributed by atoms with Gasteiger partial charge in [0.1, 0.15) is 0 Å². The summed E-state index contributed by atoms with van der Waals surface area (Å²) < 4.78 is 1.60. The Balaban J connectivity index is 1.95. The van der Waals surface area contributed by atoms with Gasteiger partial charge in [-0.05, 0) is 45.6 Å². The molecule has 0 saturated heterocycles. The lowest BCUT2D eigenvalue weighted by molar-refractivity contribution is 0.292. The molecule has 6 nitrogen and oxygen atoms in total. The van der Waals surface area contributed by atoms with Crippen molar-refractivity contribution in [1.29, 1.82) is 0 Å². The summed E-state index contributed by atoms with van der Waals surface area (Å²) in [6.45, 7) is 1.21. The van der Waals surface area contributed by atoms with Crippen LogP contribution in [0.4, 0.5) is 0 Å². The third-order valence-electron chi connectivity index (χ3n) is 4.04. The second-order valence-corrected chi connectivity index (χ2v) is 6.32. The maximum atomic E-state index is 12.2. The van der Waals surface area contributed by atoms with Crippen molar-refractivity contribution in [2.75, 3.05) is 13.2 Å². The van der Waals surface area contributed by atoms with Crippen LogP contribution in [0.2, 0.25) is 0 Å². The number of hydrogen-bond donors (Lipinski definition) is 3. The summed E-state index contributed by atoms with van der Waals surface area (Å²) in [5.41, 5.74) is 4.43. The van der Waals surface area contributed by atoms with Gasteiger partial charge in [0.25, 0.3) is 0 Å². The number of fused-ring (bicyclic) bond motifs is 3. The number of aromatic amines is 1. The maximum absolute atomic E-state index is 12.2. The molecule has 1 aromatic carbocycles. The number of hydrogen-bond acceptors (Lipinski definition) is 5. The molecule has 0 aliphatic carbocycles. The largest absolute Gasteiger partial charge is 0.395 e. The highest BCUT2D eigenvalue weighted by Crippen LogP contribution is 2.28. The fraction of sp³-hybridized carbons (Fsp3) is 0.176. The molecule has 4 rings (SSSR count). The van der Waals surface area contributed by atoms with Crippen molar-refractivity contribution in [2.45, 2.75) is 6.54 Å². The van der Waals surface area contributed by atoms with Gasteiger partial charge < -0.3 is 10.4 Å². The normalized spacial score (nSPS) is 11.5. The third-order valence-corrected chi connectivity index (χ3v) is 4.73. The molecular weight excluding hydrogens is 324 g/mol. The van der Waals surface area contributed by atoms with Crippen molar-refractivity contribution in [1.82, 2.24) is 19.9 Å². The quantitative estimate of drug-likeness (QED) is 0.485. The number of nitrogens with one attached hydrogen (secondary N) is 2. The van der Waals surface area contributed by atoms with Crippen LogP contribution in [0.5, 0.6) is 0 Å². The summed E-state index contributed by atoms with van der Waals surface area (Å²) >= 11 is 1.64. The van der Waals surface area contributed by atoms with Crippen molar-refractivity contribution in [2.24, 2.45) is 0 Å². The highest BCUT2D eigenvalue weighted by molar-refractivity contribution is 7.08. The number of aliphatic hydroxyl groups is 1. The van der Waals surface area contributed by atoms with Crippen LogP contribution in [0.25, 0.3) is 27.7 Å². The van der Waals surface area contributed by atoms with Crippen molar-refractivity contribution in [3.63, 3.8) is 0 Å². The minimum Gasteiger partial charge on any atom is -0.395 e. The average molecular weight is 340 g/mol. The molecule has 0 fully saturated rings. The number of benzene rings is 1. The van der Waals surface area contributed by atoms with Gasteiger partial charge in [-0.25, -0.2) is 14.3 Å². The number of thiophene rings is 1. The molecule has 0 atom stereocenters. The molecule has 0 bridgehead atoms. The Bertz CT molecular complexity index is 1050. The van der Waals surface area contributed by atoms with Crippen LogP contribution < -0.4 is 11.0 Å². The van der Waals surface area contributed by atoms with E-state index in [0.717, 1.165) is 27.6 Å². The first kappa shape index (κ1) is 15.1. The van der Waals surface area contributed by atoms with Crippen molar-refractivity contribution < 1.29 is 5.11 Å². The summed E-state index contributed by atoms with van der Waals surface area (Å²) in [5.74, 6) is 0. The summed E-state index contributed by atoms with van der Waals surface area (Å²) in [7, 11) is 0. The molecule has 0 amide bonds. The monoisotopic (exact) mass is 340 g/mol. The van der Waals surface area contributed by atoms with E-state index in [9.17, 15) is 4.79 Å². The minimum atomic E-state index is -0.243. The van der Waals surface area contributed by atoms with E-state index >= 15 is 0 Å². The lowest BCUT2D eigenvalue weighted by atomic mass is 10.0. The number of H-pyrrole nitrogens is 1. The molecule has 3 N–H and O–H groups in total. The van der Waals surface area contributed by atoms with Gasteiger partial charge >= 0.3 is 5.69 Å². The predicted octanol–water partition coefficient (Wildman–Crippen LogP) is 1.99. The topological polar surface area (TPSA) is 82.4 Å². The zero-order valence-corrected chi connectivity index (χ0v) is 13.6.